The van der Waals surface area contributed by atoms with Crippen LogP contribution in [0.1, 0.15) is 38.2 Å². The fraction of sp³-hybridized carbons (Fsp3) is 0.333. The first-order valence-corrected chi connectivity index (χ1v) is 5.76. The Morgan fingerprint density at radius 3 is 1.93 bits per heavy atom. The first-order valence-electron chi connectivity index (χ1n) is 5.76. The molecule has 0 heterocycles. The van der Waals surface area contributed by atoms with Crippen LogP contribution >= 0.6 is 0 Å². The van der Waals surface area contributed by atoms with E-state index in [0.29, 0.717) is 5.92 Å². The van der Waals surface area contributed by atoms with Crippen molar-refractivity contribution in [2.75, 3.05) is 0 Å². The number of hydrogen-bond donors (Lipinski definition) is 0. The summed E-state index contributed by atoms with van der Waals surface area (Å²) in [6.07, 6.45) is 11.2. The van der Waals surface area contributed by atoms with Crippen LogP contribution in [0.5, 0.6) is 0 Å². The van der Waals surface area contributed by atoms with Crippen LogP contribution in [-0.4, -0.2) is 0 Å². The Labute approximate surface area is 93.3 Å². The third-order valence-corrected chi connectivity index (χ3v) is 2.34. The average Bonchev–Trinajstić information content (AvgIpc) is 2.30. The number of benzene rings is 1. The maximum atomic E-state index is 2.28. The van der Waals surface area contributed by atoms with Crippen LogP contribution in [0.25, 0.3) is 0 Å². The molecule has 0 saturated heterocycles. The van der Waals surface area contributed by atoms with Crippen molar-refractivity contribution in [1.82, 2.24) is 0 Å². The van der Waals surface area contributed by atoms with Gasteiger partial charge in [-0.2, -0.15) is 0 Å². The van der Waals surface area contributed by atoms with Crippen LogP contribution in [0.2, 0.25) is 0 Å². The molecule has 1 aromatic carbocycles. The highest BCUT2D eigenvalue weighted by Gasteiger charge is 2.01. The molecule has 0 nitrogen and oxygen atoms in total. The summed E-state index contributed by atoms with van der Waals surface area (Å²) in [6, 6.07) is 10.6. The number of rotatable bonds is 5. The maximum Gasteiger partial charge on any atom is 0.0198 e. The second kappa shape index (κ2) is 7.05. The summed E-state index contributed by atoms with van der Waals surface area (Å²) < 4.78 is 0. The van der Waals surface area contributed by atoms with Gasteiger partial charge in [0.15, 0.2) is 0 Å². The lowest BCUT2D eigenvalue weighted by atomic mass is 9.97. The molecule has 0 aliphatic carbocycles. The summed E-state index contributed by atoms with van der Waals surface area (Å²) in [6.45, 7) is 4.34. The molecule has 0 spiro atoms. The molecule has 15 heavy (non-hydrogen) atoms. The Bertz CT molecular complexity index is 292. The summed E-state index contributed by atoms with van der Waals surface area (Å²) in [4.78, 5) is 0. The minimum Gasteiger partial charge on any atom is -0.0879 e. The molecule has 0 saturated carbocycles. The van der Waals surface area contributed by atoms with E-state index in [2.05, 4.69) is 68.5 Å². The van der Waals surface area contributed by atoms with Gasteiger partial charge in [0.05, 0.1) is 0 Å². The normalized spacial score (nSPS) is 13.7. The van der Waals surface area contributed by atoms with E-state index in [-0.39, 0.29) is 0 Å². The van der Waals surface area contributed by atoms with E-state index in [0.717, 1.165) is 12.8 Å². The fourth-order valence-corrected chi connectivity index (χ4v) is 1.53. The SMILES string of the molecule is CCC=CC(C=CCC)c1ccccc1. The third-order valence-electron chi connectivity index (χ3n) is 2.34. The Morgan fingerprint density at radius 1 is 0.933 bits per heavy atom. The first kappa shape index (κ1) is 11.8. The molecule has 1 aromatic rings. The second-order valence-electron chi connectivity index (χ2n) is 3.61. The third kappa shape index (κ3) is 4.16. The summed E-state index contributed by atoms with van der Waals surface area (Å²) in [7, 11) is 0. The molecule has 0 unspecified atom stereocenters. The van der Waals surface area contributed by atoms with Crippen LogP contribution in [-0.2, 0) is 0 Å². The van der Waals surface area contributed by atoms with Crippen LogP contribution < -0.4 is 0 Å². The molecule has 0 aliphatic rings. The molecule has 80 valence electrons. The Kier molecular flexibility index (Phi) is 5.54. The largest absolute Gasteiger partial charge is 0.0879 e. The standard InChI is InChI=1S/C15H20/c1-3-5-10-14(11-6-4-2)15-12-8-7-9-13-15/h5-14H,3-4H2,1-2H3. The van der Waals surface area contributed by atoms with Crippen molar-refractivity contribution in [1.29, 1.82) is 0 Å². The zero-order valence-electron chi connectivity index (χ0n) is 9.69. The van der Waals surface area contributed by atoms with Crippen molar-refractivity contribution in [3.63, 3.8) is 0 Å². The van der Waals surface area contributed by atoms with E-state index in [4.69, 9.17) is 0 Å². The number of hydrogen-bond acceptors (Lipinski definition) is 0. The zero-order valence-corrected chi connectivity index (χ0v) is 9.69. The highest BCUT2D eigenvalue weighted by atomic mass is 14.1. The Morgan fingerprint density at radius 2 is 1.47 bits per heavy atom. The topological polar surface area (TPSA) is 0 Å². The summed E-state index contributed by atoms with van der Waals surface area (Å²) >= 11 is 0. The molecule has 0 aromatic heterocycles. The molecule has 0 aliphatic heterocycles. The lowest BCUT2D eigenvalue weighted by molar-refractivity contribution is 1.04. The van der Waals surface area contributed by atoms with E-state index in [9.17, 15) is 0 Å². The lowest BCUT2D eigenvalue weighted by Gasteiger charge is -2.07. The summed E-state index contributed by atoms with van der Waals surface area (Å²) in [5.74, 6) is 0.436. The van der Waals surface area contributed by atoms with Crippen molar-refractivity contribution < 1.29 is 0 Å². The molecule has 0 fully saturated rings. The van der Waals surface area contributed by atoms with E-state index in [1.165, 1.54) is 5.56 Å². The molecule has 0 N–H and O–H groups in total. The van der Waals surface area contributed by atoms with E-state index < -0.39 is 0 Å². The fourth-order valence-electron chi connectivity index (χ4n) is 1.53. The summed E-state index contributed by atoms with van der Waals surface area (Å²) in [5, 5.41) is 0. The molecule has 0 heteroatoms. The lowest BCUT2D eigenvalue weighted by Crippen LogP contribution is -1.90. The van der Waals surface area contributed by atoms with Crippen molar-refractivity contribution in [2.24, 2.45) is 0 Å². The van der Waals surface area contributed by atoms with Crippen LogP contribution in [0.4, 0.5) is 0 Å². The molecule has 0 atom stereocenters. The quantitative estimate of drug-likeness (QED) is 0.604. The summed E-state index contributed by atoms with van der Waals surface area (Å²) in [5.41, 5.74) is 1.37. The van der Waals surface area contributed by atoms with E-state index >= 15 is 0 Å². The van der Waals surface area contributed by atoms with Gasteiger partial charge in [0.1, 0.15) is 0 Å². The van der Waals surface area contributed by atoms with Gasteiger partial charge in [-0.3, -0.25) is 0 Å². The minimum atomic E-state index is 0.436. The smallest absolute Gasteiger partial charge is 0.0198 e. The molecule has 0 radical (unpaired) electrons. The highest BCUT2D eigenvalue weighted by molar-refractivity contribution is 5.28. The number of allylic oxidation sites excluding steroid dienone is 4. The van der Waals surface area contributed by atoms with E-state index in [1.807, 2.05) is 0 Å². The van der Waals surface area contributed by atoms with Crippen LogP contribution in [0.3, 0.4) is 0 Å². The van der Waals surface area contributed by atoms with Crippen LogP contribution in [0.15, 0.2) is 54.6 Å². The van der Waals surface area contributed by atoms with Crippen LogP contribution in [0, 0.1) is 0 Å². The second-order valence-corrected chi connectivity index (χ2v) is 3.61. The molecular formula is C15H20. The van der Waals surface area contributed by atoms with Gasteiger partial charge < -0.3 is 0 Å². The van der Waals surface area contributed by atoms with Gasteiger partial charge in [0.25, 0.3) is 0 Å². The van der Waals surface area contributed by atoms with Crippen molar-refractivity contribution in [2.45, 2.75) is 32.6 Å². The van der Waals surface area contributed by atoms with Gasteiger partial charge in [-0.15, -0.1) is 0 Å². The Hall–Kier alpha value is -1.30. The van der Waals surface area contributed by atoms with E-state index in [1.54, 1.807) is 0 Å². The Balaban J connectivity index is 2.81. The van der Waals surface area contributed by atoms with Gasteiger partial charge in [-0.25, -0.2) is 0 Å². The average molecular weight is 200 g/mol. The van der Waals surface area contributed by atoms with Crippen molar-refractivity contribution >= 4 is 0 Å². The zero-order chi connectivity index (χ0) is 10.9. The van der Waals surface area contributed by atoms with Gasteiger partial charge in [-0.05, 0) is 18.4 Å². The van der Waals surface area contributed by atoms with Gasteiger partial charge in [-0.1, -0.05) is 68.5 Å². The maximum absolute atomic E-state index is 2.28. The van der Waals surface area contributed by atoms with Crippen molar-refractivity contribution in [3.05, 3.63) is 60.2 Å². The molecular weight excluding hydrogens is 180 g/mol. The first-order chi connectivity index (χ1) is 7.38. The predicted octanol–water partition coefficient (Wildman–Crippen LogP) is 4.70. The molecule has 1 rings (SSSR count). The predicted molar refractivity (Wildman–Crippen MR) is 68.0 cm³/mol. The molecule has 0 bridgehead atoms. The van der Waals surface area contributed by atoms with Gasteiger partial charge in [0, 0.05) is 5.92 Å². The van der Waals surface area contributed by atoms with Crippen molar-refractivity contribution in [3.8, 4) is 0 Å². The van der Waals surface area contributed by atoms with Gasteiger partial charge >= 0.3 is 0 Å². The monoisotopic (exact) mass is 200 g/mol. The molecule has 0 amide bonds. The van der Waals surface area contributed by atoms with Gasteiger partial charge in [0.2, 0.25) is 0 Å². The highest BCUT2D eigenvalue weighted by Crippen LogP contribution is 2.19. The minimum absolute atomic E-state index is 0.436.